The fourth-order valence-corrected chi connectivity index (χ4v) is 2.20. The van der Waals surface area contributed by atoms with E-state index < -0.39 is 0 Å². The minimum Gasteiger partial charge on any atom is -0.321 e. The zero-order valence-electron chi connectivity index (χ0n) is 12.7. The van der Waals surface area contributed by atoms with Crippen LogP contribution >= 0.6 is 0 Å². The molecule has 2 aromatic heterocycles. The molecule has 112 valence electrons. The summed E-state index contributed by atoms with van der Waals surface area (Å²) >= 11 is 0. The van der Waals surface area contributed by atoms with Crippen LogP contribution < -0.4 is 10.9 Å². The highest BCUT2D eigenvalue weighted by Crippen LogP contribution is 2.20. The molecule has 0 spiro atoms. The number of pyridine rings is 1. The second-order valence-corrected chi connectivity index (χ2v) is 5.26. The lowest BCUT2D eigenvalue weighted by atomic mass is 10.0. The molecule has 0 aliphatic rings. The molecule has 0 radical (unpaired) electrons. The Balaban J connectivity index is 2.30. The Morgan fingerprint density at radius 2 is 2.14 bits per heavy atom. The number of H-pyrrole nitrogens is 1. The monoisotopic (exact) mass is 288 g/mol. The van der Waals surface area contributed by atoms with Crippen molar-refractivity contribution >= 4 is 11.6 Å². The second-order valence-electron chi connectivity index (χ2n) is 5.26. The summed E-state index contributed by atoms with van der Waals surface area (Å²) in [7, 11) is 0. The molecule has 21 heavy (non-hydrogen) atoms. The molecule has 0 bridgehead atoms. The standard InChI is InChI=1S/C15H20N4O2/c1-5-19-8-11(6-7-12(19)20)16-15(21)13-10(4)17-18-14(13)9(2)3/h6-9H,5H2,1-4H3,(H,16,21)(H,17,18). The summed E-state index contributed by atoms with van der Waals surface area (Å²) in [4.78, 5) is 24.0. The second kappa shape index (κ2) is 5.95. The first-order valence-corrected chi connectivity index (χ1v) is 7.00. The Labute approximate surface area is 123 Å². The number of aromatic nitrogens is 3. The van der Waals surface area contributed by atoms with E-state index >= 15 is 0 Å². The number of hydrogen-bond donors (Lipinski definition) is 2. The predicted octanol–water partition coefficient (Wildman–Crippen LogP) is 2.28. The Bertz CT molecular complexity index is 713. The molecule has 2 rings (SSSR count). The predicted molar refractivity (Wildman–Crippen MR) is 81.7 cm³/mol. The van der Waals surface area contributed by atoms with E-state index in [1.54, 1.807) is 16.8 Å². The summed E-state index contributed by atoms with van der Waals surface area (Å²) < 4.78 is 1.54. The number of nitrogens with zero attached hydrogens (tertiary/aromatic N) is 2. The van der Waals surface area contributed by atoms with E-state index in [1.807, 2.05) is 27.7 Å². The van der Waals surface area contributed by atoms with Gasteiger partial charge in [0.25, 0.3) is 11.5 Å². The third kappa shape index (κ3) is 3.04. The van der Waals surface area contributed by atoms with Crippen molar-refractivity contribution in [3.63, 3.8) is 0 Å². The highest BCUT2D eigenvalue weighted by atomic mass is 16.2. The van der Waals surface area contributed by atoms with Crippen molar-refractivity contribution in [2.45, 2.75) is 40.2 Å². The number of aryl methyl sites for hydroxylation is 2. The first kappa shape index (κ1) is 15.0. The van der Waals surface area contributed by atoms with Gasteiger partial charge in [0, 0.05) is 24.5 Å². The first-order valence-electron chi connectivity index (χ1n) is 7.00. The van der Waals surface area contributed by atoms with E-state index in [2.05, 4.69) is 15.5 Å². The van der Waals surface area contributed by atoms with Gasteiger partial charge in [0.15, 0.2) is 0 Å². The van der Waals surface area contributed by atoms with Gasteiger partial charge in [-0.3, -0.25) is 14.7 Å². The van der Waals surface area contributed by atoms with Crippen molar-refractivity contribution in [1.82, 2.24) is 14.8 Å². The van der Waals surface area contributed by atoms with Gasteiger partial charge < -0.3 is 9.88 Å². The molecule has 0 atom stereocenters. The van der Waals surface area contributed by atoms with Crippen LogP contribution in [-0.2, 0) is 6.54 Å². The van der Waals surface area contributed by atoms with Gasteiger partial charge in [-0.05, 0) is 25.8 Å². The van der Waals surface area contributed by atoms with Crippen molar-refractivity contribution in [2.24, 2.45) is 0 Å². The van der Waals surface area contributed by atoms with Crippen LogP contribution in [0, 0.1) is 6.92 Å². The maximum Gasteiger partial charge on any atom is 0.259 e. The fraction of sp³-hybridized carbons (Fsp3) is 0.400. The quantitative estimate of drug-likeness (QED) is 0.905. The number of amides is 1. The van der Waals surface area contributed by atoms with Crippen LogP contribution in [-0.4, -0.2) is 20.7 Å². The van der Waals surface area contributed by atoms with Gasteiger partial charge in [-0.1, -0.05) is 13.8 Å². The van der Waals surface area contributed by atoms with E-state index in [4.69, 9.17) is 0 Å². The molecule has 6 heteroatoms. The Hall–Kier alpha value is -2.37. The maximum atomic E-state index is 12.4. The van der Waals surface area contributed by atoms with Crippen molar-refractivity contribution < 1.29 is 4.79 Å². The van der Waals surface area contributed by atoms with E-state index in [-0.39, 0.29) is 17.4 Å². The summed E-state index contributed by atoms with van der Waals surface area (Å²) in [6.07, 6.45) is 1.64. The molecular formula is C15H20N4O2. The zero-order valence-corrected chi connectivity index (χ0v) is 12.7. The molecule has 0 aliphatic carbocycles. The first-order chi connectivity index (χ1) is 9.93. The van der Waals surface area contributed by atoms with Crippen LogP contribution in [0.5, 0.6) is 0 Å². The molecule has 0 aromatic carbocycles. The van der Waals surface area contributed by atoms with Crippen LogP contribution in [0.2, 0.25) is 0 Å². The van der Waals surface area contributed by atoms with Gasteiger partial charge in [-0.15, -0.1) is 0 Å². The number of carbonyl (C=O) groups is 1. The van der Waals surface area contributed by atoms with Gasteiger partial charge in [-0.2, -0.15) is 5.10 Å². The lowest BCUT2D eigenvalue weighted by Gasteiger charge is -2.09. The largest absolute Gasteiger partial charge is 0.321 e. The number of anilines is 1. The molecule has 1 amide bonds. The van der Waals surface area contributed by atoms with Gasteiger partial charge in [0.2, 0.25) is 0 Å². The van der Waals surface area contributed by atoms with Gasteiger partial charge in [-0.25, -0.2) is 0 Å². The van der Waals surface area contributed by atoms with Crippen LogP contribution in [0.15, 0.2) is 23.1 Å². The zero-order chi connectivity index (χ0) is 15.6. The average Bonchev–Trinajstić information content (AvgIpc) is 2.83. The Morgan fingerprint density at radius 3 is 2.76 bits per heavy atom. The van der Waals surface area contributed by atoms with Crippen molar-refractivity contribution in [3.8, 4) is 0 Å². The average molecular weight is 288 g/mol. The number of rotatable bonds is 4. The third-order valence-electron chi connectivity index (χ3n) is 3.33. The molecule has 6 nitrogen and oxygen atoms in total. The van der Waals surface area contributed by atoms with Crippen molar-refractivity contribution in [1.29, 1.82) is 0 Å². The van der Waals surface area contributed by atoms with Gasteiger partial charge >= 0.3 is 0 Å². The number of carbonyl (C=O) groups excluding carboxylic acids is 1. The number of aromatic amines is 1. The van der Waals surface area contributed by atoms with E-state index in [1.165, 1.54) is 6.07 Å². The fourth-order valence-electron chi connectivity index (χ4n) is 2.20. The molecule has 0 aliphatic heterocycles. The van der Waals surface area contributed by atoms with E-state index in [0.717, 1.165) is 11.4 Å². The molecule has 0 saturated carbocycles. The Kier molecular flexibility index (Phi) is 4.26. The van der Waals surface area contributed by atoms with Gasteiger partial charge in [0.05, 0.1) is 16.9 Å². The highest BCUT2D eigenvalue weighted by molar-refractivity contribution is 6.05. The molecule has 0 unspecified atom stereocenters. The van der Waals surface area contributed by atoms with Gasteiger partial charge in [0.1, 0.15) is 0 Å². The van der Waals surface area contributed by atoms with Crippen LogP contribution in [0.4, 0.5) is 5.69 Å². The number of hydrogen-bond acceptors (Lipinski definition) is 3. The van der Waals surface area contributed by atoms with E-state index in [0.29, 0.717) is 17.8 Å². The molecule has 2 N–H and O–H groups in total. The maximum absolute atomic E-state index is 12.4. The summed E-state index contributed by atoms with van der Waals surface area (Å²) in [5.74, 6) is -0.0634. The summed E-state index contributed by atoms with van der Waals surface area (Å²) in [5.41, 5.74) is 2.56. The molecule has 2 aromatic rings. The van der Waals surface area contributed by atoms with E-state index in [9.17, 15) is 9.59 Å². The molecule has 0 saturated heterocycles. The summed E-state index contributed by atoms with van der Waals surface area (Å²) in [5, 5.41) is 9.86. The minimum atomic E-state index is -0.216. The van der Waals surface area contributed by atoms with Crippen LogP contribution in [0.1, 0.15) is 48.4 Å². The van der Waals surface area contributed by atoms with Crippen LogP contribution in [0.3, 0.4) is 0 Å². The van der Waals surface area contributed by atoms with Crippen molar-refractivity contribution in [3.05, 3.63) is 45.6 Å². The lowest BCUT2D eigenvalue weighted by molar-refractivity contribution is 0.102. The smallest absolute Gasteiger partial charge is 0.259 e. The summed E-state index contributed by atoms with van der Waals surface area (Å²) in [6.45, 7) is 8.24. The highest BCUT2D eigenvalue weighted by Gasteiger charge is 2.20. The normalized spacial score (nSPS) is 10.9. The van der Waals surface area contributed by atoms with Crippen LogP contribution in [0.25, 0.3) is 0 Å². The molecule has 0 fully saturated rings. The Morgan fingerprint density at radius 1 is 1.43 bits per heavy atom. The summed E-state index contributed by atoms with van der Waals surface area (Å²) in [6, 6.07) is 3.06. The third-order valence-corrected chi connectivity index (χ3v) is 3.33. The SMILES string of the molecule is CCn1cc(NC(=O)c2c(C(C)C)n[nH]c2C)ccc1=O. The molecular weight excluding hydrogens is 268 g/mol. The minimum absolute atomic E-state index is 0.0853. The number of nitrogens with one attached hydrogen (secondary N) is 2. The molecule has 2 heterocycles. The van der Waals surface area contributed by atoms with Crippen molar-refractivity contribution in [2.75, 3.05) is 5.32 Å². The lowest BCUT2D eigenvalue weighted by Crippen LogP contribution is -2.20. The topological polar surface area (TPSA) is 79.8 Å².